The standard InChI is InChI=1S/C19H17FN4O2/c20-15-5-7-16(8-6-15)22-19(26)24-11-9-23(10-12-24)18(25)17-4-2-1-3-14(17)13-21/h1-8H,9-12H2,(H,22,26). The van der Waals surface area contributed by atoms with Crippen molar-refractivity contribution in [2.45, 2.75) is 0 Å². The zero-order chi connectivity index (χ0) is 18.5. The molecule has 1 fully saturated rings. The topological polar surface area (TPSA) is 76.4 Å². The molecule has 0 aliphatic carbocycles. The van der Waals surface area contributed by atoms with Crippen molar-refractivity contribution in [3.63, 3.8) is 0 Å². The summed E-state index contributed by atoms with van der Waals surface area (Å²) in [7, 11) is 0. The molecular weight excluding hydrogens is 335 g/mol. The fourth-order valence-electron chi connectivity index (χ4n) is 2.79. The molecule has 2 aromatic rings. The number of nitrogens with one attached hydrogen (secondary N) is 1. The minimum Gasteiger partial charge on any atom is -0.335 e. The third-order valence-corrected chi connectivity index (χ3v) is 4.23. The lowest BCUT2D eigenvalue weighted by molar-refractivity contribution is 0.0671. The molecule has 0 radical (unpaired) electrons. The van der Waals surface area contributed by atoms with E-state index in [0.717, 1.165) is 0 Å². The third-order valence-electron chi connectivity index (χ3n) is 4.23. The Hall–Kier alpha value is -3.40. The van der Waals surface area contributed by atoms with Gasteiger partial charge in [-0.1, -0.05) is 12.1 Å². The average molecular weight is 352 g/mol. The molecule has 0 spiro atoms. The van der Waals surface area contributed by atoms with Crippen LogP contribution in [0.15, 0.2) is 48.5 Å². The highest BCUT2D eigenvalue weighted by Crippen LogP contribution is 2.14. The molecule has 3 rings (SSSR count). The summed E-state index contributed by atoms with van der Waals surface area (Å²) >= 11 is 0. The number of nitrogens with zero attached hydrogens (tertiary/aromatic N) is 3. The van der Waals surface area contributed by atoms with Crippen LogP contribution >= 0.6 is 0 Å². The molecule has 2 aromatic carbocycles. The van der Waals surface area contributed by atoms with E-state index in [9.17, 15) is 14.0 Å². The molecule has 1 heterocycles. The molecule has 3 amide bonds. The Kier molecular flexibility index (Phi) is 5.13. The summed E-state index contributed by atoms with van der Waals surface area (Å²) in [6.07, 6.45) is 0. The predicted octanol–water partition coefficient (Wildman–Crippen LogP) is 2.69. The van der Waals surface area contributed by atoms with Crippen molar-refractivity contribution < 1.29 is 14.0 Å². The summed E-state index contributed by atoms with van der Waals surface area (Å²) in [6, 6.07) is 14.0. The zero-order valence-electron chi connectivity index (χ0n) is 14.0. The number of amides is 3. The Morgan fingerprint density at radius 3 is 2.23 bits per heavy atom. The van der Waals surface area contributed by atoms with E-state index in [1.54, 1.807) is 34.1 Å². The third kappa shape index (κ3) is 3.81. The van der Waals surface area contributed by atoms with Crippen molar-refractivity contribution in [1.82, 2.24) is 9.80 Å². The second kappa shape index (κ2) is 7.66. The van der Waals surface area contributed by atoms with Gasteiger partial charge in [-0.2, -0.15) is 5.26 Å². The lowest BCUT2D eigenvalue weighted by Gasteiger charge is -2.34. The molecule has 0 unspecified atom stereocenters. The number of anilines is 1. The van der Waals surface area contributed by atoms with Gasteiger partial charge >= 0.3 is 6.03 Å². The molecule has 1 aliphatic rings. The van der Waals surface area contributed by atoms with Gasteiger partial charge in [0.05, 0.1) is 17.2 Å². The summed E-state index contributed by atoms with van der Waals surface area (Å²) < 4.78 is 12.9. The summed E-state index contributed by atoms with van der Waals surface area (Å²) in [5.41, 5.74) is 1.23. The molecule has 6 nitrogen and oxygen atoms in total. The molecule has 132 valence electrons. The number of benzene rings is 2. The van der Waals surface area contributed by atoms with Crippen LogP contribution in [0, 0.1) is 17.1 Å². The summed E-state index contributed by atoms with van der Waals surface area (Å²) in [5.74, 6) is -0.575. The minimum absolute atomic E-state index is 0.208. The van der Waals surface area contributed by atoms with Crippen molar-refractivity contribution in [2.75, 3.05) is 31.5 Å². The fraction of sp³-hybridized carbons (Fsp3) is 0.211. The van der Waals surface area contributed by atoms with Gasteiger partial charge in [0.25, 0.3) is 5.91 Å². The van der Waals surface area contributed by atoms with E-state index >= 15 is 0 Å². The van der Waals surface area contributed by atoms with E-state index in [1.165, 1.54) is 24.3 Å². The molecule has 26 heavy (non-hydrogen) atoms. The van der Waals surface area contributed by atoms with Gasteiger partial charge in [-0.15, -0.1) is 0 Å². The minimum atomic E-state index is -0.368. The summed E-state index contributed by atoms with van der Waals surface area (Å²) in [5, 5.41) is 11.8. The molecule has 0 bridgehead atoms. The monoisotopic (exact) mass is 352 g/mol. The van der Waals surface area contributed by atoms with Crippen molar-refractivity contribution in [3.8, 4) is 6.07 Å². The van der Waals surface area contributed by atoms with Crippen molar-refractivity contribution in [3.05, 3.63) is 65.5 Å². The fourth-order valence-corrected chi connectivity index (χ4v) is 2.79. The van der Waals surface area contributed by atoms with E-state index in [2.05, 4.69) is 5.32 Å². The molecular formula is C19H17FN4O2. The van der Waals surface area contributed by atoms with Crippen LogP contribution in [-0.4, -0.2) is 47.9 Å². The highest BCUT2D eigenvalue weighted by molar-refractivity contribution is 5.97. The Bertz CT molecular complexity index is 853. The quantitative estimate of drug-likeness (QED) is 0.903. The number of piperazine rings is 1. The largest absolute Gasteiger partial charge is 0.335 e. The smallest absolute Gasteiger partial charge is 0.321 e. The predicted molar refractivity (Wildman–Crippen MR) is 94.1 cm³/mol. The summed E-state index contributed by atoms with van der Waals surface area (Å²) in [6.45, 7) is 1.53. The zero-order valence-corrected chi connectivity index (χ0v) is 14.0. The van der Waals surface area contributed by atoms with Crippen molar-refractivity contribution in [2.24, 2.45) is 0 Å². The van der Waals surface area contributed by atoms with Crippen LogP contribution in [0.1, 0.15) is 15.9 Å². The average Bonchev–Trinajstić information content (AvgIpc) is 2.69. The highest BCUT2D eigenvalue weighted by Gasteiger charge is 2.26. The van der Waals surface area contributed by atoms with Gasteiger partial charge in [-0.05, 0) is 36.4 Å². The first kappa shape index (κ1) is 17.4. The number of carbonyl (C=O) groups is 2. The van der Waals surface area contributed by atoms with Crippen LogP contribution < -0.4 is 5.32 Å². The number of nitriles is 1. The van der Waals surface area contributed by atoms with Crippen molar-refractivity contribution >= 4 is 17.6 Å². The van der Waals surface area contributed by atoms with E-state index in [-0.39, 0.29) is 17.8 Å². The van der Waals surface area contributed by atoms with Gasteiger partial charge in [0.2, 0.25) is 0 Å². The Morgan fingerprint density at radius 2 is 1.58 bits per heavy atom. The van der Waals surface area contributed by atoms with Gasteiger partial charge in [0, 0.05) is 31.9 Å². The van der Waals surface area contributed by atoms with Crippen LogP contribution in [0.4, 0.5) is 14.9 Å². The molecule has 0 saturated carbocycles. The molecule has 7 heteroatoms. The van der Waals surface area contributed by atoms with Gasteiger partial charge in [0.15, 0.2) is 0 Å². The van der Waals surface area contributed by atoms with Gasteiger partial charge < -0.3 is 15.1 Å². The second-order valence-corrected chi connectivity index (χ2v) is 5.87. The van der Waals surface area contributed by atoms with E-state index in [4.69, 9.17) is 5.26 Å². The Morgan fingerprint density at radius 1 is 0.962 bits per heavy atom. The van der Waals surface area contributed by atoms with Crippen LogP contribution in [0.5, 0.6) is 0 Å². The highest BCUT2D eigenvalue weighted by atomic mass is 19.1. The lowest BCUT2D eigenvalue weighted by atomic mass is 10.1. The molecule has 1 saturated heterocycles. The Balaban J connectivity index is 1.58. The maximum absolute atomic E-state index is 12.9. The number of hydrogen-bond donors (Lipinski definition) is 1. The van der Waals surface area contributed by atoms with Crippen LogP contribution in [0.25, 0.3) is 0 Å². The number of carbonyl (C=O) groups excluding carboxylic acids is 2. The Labute approximate surface area is 150 Å². The molecule has 1 aliphatic heterocycles. The SMILES string of the molecule is N#Cc1ccccc1C(=O)N1CCN(C(=O)Nc2ccc(F)cc2)CC1. The lowest BCUT2D eigenvalue weighted by Crippen LogP contribution is -2.51. The van der Waals surface area contributed by atoms with Crippen LogP contribution in [0.3, 0.4) is 0 Å². The molecule has 1 N–H and O–H groups in total. The van der Waals surface area contributed by atoms with Gasteiger partial charge in [0.1, 0.15) is 5.82 Å². The summed E-state index contributed by atoms with van der Waals surface area (Å²) in [4.78, 5) is 28.1. The second-order valence-electron chi connectivity index (χ2n) is 5.87. The van der Waals surface area contributed by atoms with Gasteiger partial charge in [-0.3, -0.25) is 4.79 Å². The van der Waals surface area contributed by atoms with Crippen LogP contribution in [0.2, 0.25) is 0 Å². The maximum Gasteiger partial charge on any atom is 0.321 e. The molecule has 0 atom stereocenters. The maximum atomic E-state index is 12.9. The van der Waals surface area contributed by atoms with E-state index in [0.29, 0.717) is 43.0 Å². The number of rotatable bonds is 2. The first-order valence-corrected chi connectivity index (χ1v) is 8.18. The van der Waals surface area contributed by atoms with Crippen LogP contribution in [-0.2, 0) is 0 Å². The number of urea groups is 1. The first-order valence-electron chi connectivity index (χ1n) is 8.18. The number of hydrogen-bond acceptors (Lipinski definition) is 3. The molecule has 0 aromatic heterocycles. The van der Waals surface area contributed by atoms with Gasteiger partial charge in [-0.25, -0.2) is 9.18 Å². The number of halogens is 1. The van der Waals surface area contributed by atoms with Crippen molar-refractivity contribution in [1.29, 1.82) is 5.26 Å². The van der Waals surface area contributed by atoms with E-state index in [1.807, 2.05) is 6.07 Å². The first-order chi connectivity index (χ1) is 12.6. The normalized spacial score (nSPS) is 13.8. The van der Waals surface area contributed by atoms with E-state index < -0.39 is 0 Å².